The van der Waals surface area contributed by atoms with E-state index in [9.17, 15) is 13.2 Å². The number of aryl methyl sites for hydroxylation is 1. The largest absolute Gasteiger partial charge is 0.326 e. The van der Waals surface area contributed by atoms with Gasteiger partial charge in [-0.3, -0.25) is 9.10 Å². The number of fused-ring (bicyclic) bond motifs is 2. The summed E-state index contributed by atoms with van der Waals surface area (Å²) in [6.07, 6.45) is 2.59. The molecular weight excluding hydrogens is 404 g/mol. The fraction of sp³-hybridized carbons (Fsp3) is 0.278. The van der Waals surface area contributed by atoms with Crippen LogP contribution in [0.3, 0.4) is 0 Å². The molecule has 2 aromatic carbocycles. The van der Waals surface area contributed by atoms with E-state index in [4.69, 9.17) is 0 Å². The molecule has 0 radical (unpaired) electrons. The Hall–Kier alpha value is -1.86. The smallest absolute Gasteiger partial charge is 0.264 e. The first-order valence-corrected chi connectivity index (χ1v) is 10.4. The van der Waals surface area contributed by atoms with Crippen LogP contribution in [-0.2, 0) is 27.7 Å². The van der Waals surface area contributed by atoms with Crippen molar-refractivity contribution in [2.24, 2.45) is 0 Å². The van der Waals surface area contributed by atoms with Crippen LogP contribution >= 0.6 is 15.9 Å². The minimum atomic E-state index is -3.64. The van der Waals surface area contributed by atoms with Gasteiger partial charge in [-0.2, -0.15) is 0 Å². The summed E-state index contributed by atoms with van der Waals surface area (Å²) in [6, 6.07) is 10.6. The average Bonchev–Trinajstić information content (AvgIpc) is 2.61. The van der Waals surface area contributed by atoms with Crippen LogP contribution in [-0.4, -0.2) is 20.9 Å². The van der Waals surface area contributed by atoms with Crippen molar-refractivity contribution in [2.45, 2.75) is 30.6 Å². The number of anilines is 2. The van der Waals surface area contributed by atoms with Crippen LogP contribution in [0, 0.1) is 0 Å². The monoisotopic (exact) mass is 420 g/mol. The van der Waals surface area contributed by atoms with E-state index in [1.807, 2.05) is 18.2 Å². The number of nitrogens with one attached hydrogen (secondary N) is 1. The predicted molar refractivity (Wildman–Crippen MR) is 100 cm³/mol. The molecule has 0 aromatic heterocycles. The highest BCUT2D eigenvalue weighted by Gasteiger charge is 2.30. The number of hydrogen-bond acceptors (Lipinski definition) is 3. The Bertz CT molecular complexity index is 972. The van der Waals surface area contributed by atoms with Gasteiger partial charge in [0.2, 0.25) is 5.91 Å². The number of hydrogen-bond donors (Lipinski definition) is 1. The number of carbonyl (C=O) groups is 1. The zero-order valence-electron chi connectivity index (χ0n) is 13.5. The zero-order valence-corrected chi connectivity index (χ0v) is 15.9. The van der Waals surface area contributed by atoms with Gasteiger partial charge in [0.15, 0.2) is 0 Å². The van der Waals surface area contributed by atoms with Crippen LogP contribution in [0.1, 0.15) is 24.0 Å². The first-order valence-electron chi connectivity index (χ1n) is 8.20. The molecule has 1 amide bonds. The molecule has 0 saturated carbocycles. The first-order chi connectivity index (χ1) is 12.0. The fourth-order valence-corrected chi connectivity index (χ4v) is 5.58. The summed E-state index contributed by atoms with van der Waals surface area (Å²) in [5.41, 5.74) is 3.35. The second-order valence-electron chi connectivity index (χ2n) is 6.29. The number of nitrogens with zero attached hydrogens (tertiary/aromatic N) is 1. The number of sulfonamides is 1. The first kappa shape index (κ1) is 16.6. The molecule has 0 saturated heterocycles. The minimum Gasteiger partial charge on any atom is -0.326 e. The molecule has 0 spiro atoms. The maximum absolute atomic E-state index is 13.2. The van der Waals surface area contributed by atoms with Crippen molar-refractivity contribution in [3.63, 3.8) is 0 Å². The molecule has 4 rings (SSSR count). The summed E-state index contributed by atoms with van der Waals surface area (Å²) in [6.45, 7) is 0.472. The third-order valence-corrected chi connectivity index (χ3v) is 7.26. The van der Waals surface area contributed by atoms with Crippen molar-refractivity contribution in [2.75, 3.05) is 16.2 Å². The topological polar surface area (TPSA) is 66.5 Å². The lowest BCUT2D eigenvalue weighted by Crippen LogP contribution is -2.35. The third kappa shape index (κ3) is 2.85. The maximum Gasteiger partial charge on any atom is 0.264 e. The Labute approximate surface area is 155 Å². The van der Waals surface area contributed by atoms with Gasteiger partial charge in [0, 0.05) is 23.1 Å². The van der Waals surface area contributed by atoms with Crippen LogP contribution in [0.2, 0.25) is 0 Å². The molecule has 0 aliphatic carbocycles. The van der Waals surface area contributed by atoms with Gasteiger partial charge in [-0.25, -0.2) is 8.42 Å². The maximum atomic E-state index is 13.2. The molecule has 2 aliphatic heterocycles. The van der Waals surface area contributed by atoms with Gasteiger partial charge in [0.25, 0.3) is 10.0 Å². The summed E-state index contributed by atoms with van der Waals surface area (Å²) in [5.74, 6) is -0.0297. The van der Waals surface area contributed by atoms with Crippen molar-refractivity contribution in [1.82, 2.24) is 0 Å². The molecule has 25 heavy (non-hydrogen) atoms. The van der Waals surface area contributed by atoms with Crippen molar-refractivity contribution in [3.05, 3.63) is 52.0 Å². The molecule has 2 heterocycles. The molecule has 0 atom stereocenters. The summed E-state index contributed by atoms with van der Waals surface area (Å²) in [7, 11) is -3.64. The van der Waals surface area contributed by atoms with Crippen LogP contribution in [0.4, 0.5) is 11.4 Å². The Kier molecular flexibility index (Phi) is 4.08. The molecule has 0 bridgehead atoms. The Balaban J connectivity index is 1.77. The van der Waals surface area contributed by atoms with E-state index in [-0.39, 0.29) is 10.8 Å². The van der Waals surface area contributed by atoms with Crippen molar-refractivity contribution >= 4 is 43.2 Å². The van der Waals surface area contributed by atoms with Gasteiger partial charge in [0.1, 0.15) is 0 Å². The molecule has 0 fully saturated rings. The zero-order chi connectivity index (χ0) is 17.6. The van der Waals surface area contributed by atoms with E-state index in [0.29, 0.717) is 25.1 Å². The molecule has 2 aromatic rings. The average molecular weight is 421 g/mol. The molecule has 1 N–H and O–H groups in total. The Morgan fingerprint density at radius 1 is 1.08 bits per heavy atom. The van der Waals surface area contributed by atoms with Gasteiger partial charge in [0.05, 0.1) is 10.6 Å². The minimum absolute atomic E-state index is 0.0297. The van der Waals surface area contributed by atoms with Crippen LogP contribution in [0.25, 0.3) is 0 Å². The Morgan fingerprint density at radius 2 is 1.92 bits per heavy atom. The lowest BCUT2D eigenvalue weighted by molar-refractivity contribution is -0.116. The van der Waals surface area contributed by atoms with E-state index < -0.39 is 10.0 Å². The SMILES string of the molecule is O=C1CCc2cc(S(=O)(=O)N3CCCc4c(Br)cccc43)ccc2N1. The molecule has 0 unspecified atom stereocenters. The molecular formula is C18H17BrN2O3S. The van der Waals surface area contributed by atoms with Gasteiger partial charge < -0.3 is 5.32 Å². The number of rotatable bonds is 2. The molecule has 5 nitrogen and oxygen atoms in total. The second-order valence-corrected chi connectivity index (χ2v) is 9.00. The lowest BCUT2D eigenvalue weighted by Gasteiger charge is -2.31. The quantitative estimate of drug-likeness (QED) is 0.808. The van der Waals surface area contributed by atoms with Crippen LogP contribution < -0.4 is 9.62 Å². The molecule has 130 valence electrons. The number of amides is 1. The normalized spacial score (nSPS) is 16.8. The summed E-state index contributed by atoms with van der Waals surface area (Å²) < 4.78 is 28.9. The van der Waals surface area contributed by atoms with Crippen LogP contribution in [0.15, 0.2) is 45.8 Å². The van der Waals surface area contributed by atoms with Gasteiger partial charge >= 0.3 is 0 Å². The molecule has 2 aliphatic rings. The number of carbonyl (C=O) groups excluding carboxylic acids is 1. The van der Waals surface area contributed by atoms with Crippen molar-refractivity contribution in [3.8, 4) is 0 Å². The lowest BCUT2D eigenvalue weighted by atomic mass is 10.0. The van der Waals surface area contributed by atoms with E-state index >= 15 is 0 Å². The third-order valence-electron chi connectivity index (χ3n) is 4.71. The van der Waals surface area contributed by atoms with E-state index in [1.54, 1.807) is 18.2 Å². The second kappa shape index (κ2) is 6.14. The summed E-state index contributed by atoms with van der Waals surface area (Å²) >= 11 is 3.53. The fourth-order valence-electron chi connectivity index (χ4n) is 3.45. The van der Waals surface area contributed by atoms with Gasteiger partial charge in [-0.15, -0.1) is 0 Å². The highest BCUT2D eigenvalue weighted by molar-refractivity contribution is 9.10. The molecule has 7 heteroatoms. The standard InChI is InChI=1S/C18H17BrN2O3S/c19-15-4-1-5-17-14(15)3-2-10-21(17)25(23,24)13-7-8-16-12(11-13)6-9-18(22)20-16/h1,4-5,7-8,11H,2-3,6,9-10H2,(H,20,22). The predicted octanol–water partition coefficient (Wildman–Crippen LogP) is 3.48. The van der Waals surface area contributed by atoms with Crippen molar-refractivity contribution < 1.29 is 13.2 Å². The summed E-state index contributed by atoms with van der Waals surface area (Å²) in [4.78, 5) is 11.8. The highest BCUT2D eigenvalue weighted by Crippen LogP contribution is 2.36. The van der Waals surface area contributed by atoms with Gasteiger partial charge in [-0.05, 0) is 60.7 Å². The summed E-state index contributed by atoms with van der Waals surface area (Å²) in [5, 5.41) is 2.79. The number of halogens is 1. The highest BCUT2D eigenvalue weighted by atomic mass is 79.9. The van der Waals surface area contributed by atoms with E-state index in [2.05, 4.69) is 21.2 Å². The number of benzene rings is 2. The van der Waals surface area contributed by atoms with E-state index in [0.717, 1.165) is 34.1 Å². The Morgan fingerprint density at radius 3 is 2.76 bits per heavy atom. The van der Waals surface area contributed by atoms with Crippen LogP contribution in [0.5, 0.6) is 0 Å². The van der Waals surface area contributed by atoms with Gasteiger partial charge in [-0.1, -0.05) is 22.0 Å². The van der Waals surface area contributed by atoms with Crippen molar-refractivity contribution in [1.29, 1.82) is 0 Å². The van der Waals surface area contributed by atoms with E-state index in [1.165, 1.54) is 4.31 Å².